The van der Waals surface area contributed by atoms with Crippen molar-refractivity contribution in [2.75, 3.05) is 0 Å². The van der Waals surface area contributed by atoms with E-state index in [0.717, 1.165) is 11.1 Å². The number of hydrogen-bond acceptors (Lipinski definition) is 6. The molecule has 0 spiro atoms. The highest BCUT2D eigenvalue weighted by molar-refractivity contribution is 5.64. The molecule has 0 aliphatic heterocycles. The summed E-state index contributed by atoms with van der Waals surface area (Å²) in [5.41, 5.74) is 2.45. The largest absolute Gasteiger partial charge is 0.265 e. The van der Waals surface area contributed by atoms with Crippen LogP contribution < -0.4 is 0 Å². The summed E-state index contributed by atoms with van der Waals surface area (Å²) in [6.45, 7) is 0. The molecule has 0 atom stereocenters. The first-order chi connectivity index (χ1) is 11.9. The first kappa shape index (κ1) is 14.1. The van der Waals surface area contributed by atoms with Gasteiger partial charge in [-0.25, -0.2) is 15.0 Å². The highest BCUT2D eigenvalue weighted by atomic mass is 15.0. The SMILES string of the molecule is c1ccc(-c2nc(-c3ccncc3)nc(-c3ccncc3)n2)nc1. The molecular formula is C18H12N6. The van der Waals surface area contributed by atoms with E-state index in [1.54, 1.807) is 31.0 Å². The number of pyridine rings is 3. The van der Waals surface area contributed by atoms with Crippen LogP contribution in [0.4, 0.5) is 0 Å². The minimum absolute atomic E-state index is 0.532. The quantitative estimate of drug-likeness (QED) is 0.578. The molecule has 114 valence electrons. The second-order valence-electron chi connectivity index (χ2n) is 4.99. The average Bonchev–Trinajstić information content (AvgIpc) is 2.70. The van der Waals surface area contributed by atoms with E-state index < -0.39 is 0 Å². The molecule has 4 heterocycles. The van der Waals surface area contributed by atoms with E-state index in [-0.39, 0.29) is 0 Å². The molecule has 0 aliphatic rings. The Labute approximate surface area is 138 Å². The van der Waals surface area contributed by atoms with Crippen LogP contribution in [0.3, 0.4) is 0 Å². The lowest BCUT2D eigenvalue weighted by atomic mass is 10.2. The molecule has 4 aromatic heterocycles. The van der Waals surface area contributed by atoms with Crippen LogP contribution in [0.15, 0.2) is 73.4 Å². The molecule has 0 radical (unpaired) electrons. The fourth-order valence-corrected chi connectivity index (χ4v) is 2.25. The maximum Gasteiger partial charge on any atom is 0.182 e. The molecule has 0 aliphatic carbocycles. The predicted octanol–water partition coefficient (Wildman–Crippen LogP) is 3.06. The van der Waals surface area contributed by atoms with Gasteiger partial charge in [0, 0.05) is 42.1 Å². The average molecular weight is 312 g/mol. The molecule has 0 amide bonds. The standard InChI is InChI=1S/C18H12N6/c1-2-8-21-15(3-1)18-23-16(13-4-9-19-10-5-13)22-17(24-18)14-6-11-20-12-7-14/h1-12H. The Morgan fingerprint density at radius 1 is 0.500 bits per heavy atom. The van der Waals surface area contributed by atoms with Crippen LogP contribution in [0.1, 0.15) is 0 Å². The molecule has 6 heteroatoms. The summed E-state index contributed by atoms with van der Waals surface area (Å²) in [6, 6.07) is 13.1. The number of aromatic nitrogens is 6. The van der Waals surface area contributed by atoms with Gasteiger partial charge in [0.05, 0.1) is 0 Å². The van der Waals surface area contributed by atoms with Gasteiger partial charge in [-0.15, -0.1) is 0 Å². The molecule has 4 aromatic rings. The number of nitrogens with zero attached hydrogens (tertiary/aromatic N) is 6. The van der Waals surface area contributed by atoms with Crippen LogP contribution >= 0.6 is 0 Å². The van der Waals surface area contributed by atoms with Crippen molar-refractivity contribution in [3.05, 3.63) is 73.4 Å². The van der Waals surface area contributed by atoms with Crippen molar-refractivity contribution in [3.8, 4) is 34.3 Å². The Bertz CT molecular complexity index is 803. The lowest BCUT2D eigenvalue weighted by Gasteiger charge is -2.07. The maximum atomic E-state index is 4.59. The van der Waals surface area contributed by atoms with Gasteiger partial charge in [0.2, 0.25) is 0 Å². The zero-order chi connectivity index (χ0) is 16.2. The Morgan fingerprint density at radius 2 is 1.04 bits per heavy atom. The highest BCUT2D eigenvalue weighted by Gasteiger charge is 2.12. The third kappa shape index (κ3) is 2.85. The van der Waals surface area contributed by atoms with Gasteiger partial charge in [-0.2, -0.15) is 0 Å². The second kappa shape index (κ2) is 6.29. The van der Waals surface area contributed by atoms with Crippen LogP contribution in [-0.4, -0.2) is 29.9 Å². The number of rotatable bonds is 3. The maximum absolute atomic E-state index is 4.59. The van der Waals surface area contributed by atoms with Gasteiger partial charge in [-0.05, 0) is 36.4 Å². The van der Waals surface area contributed by atoms with Gasteiger partial charge in [-0.3, -0.25) is 15.0 Å². The smallest absolute Gasteiger partial charge is 0.182 e. The summed E-state index contributed by atoms with van der Waals surface area (Å²) in [4.78, 5) is 26.2. The Morgan fingerprint density at radius 3 is 1.54 bits per heavy atom. The third-order valence-electron chi connectivity index (χ3n) is 3.41. The van der Waals surface area contributed by atoms with Gasteiger partial charge in [0.25, 0.3) is 0 Å². The lowest BCUT2D eigenvalue weighted by molar-refractivity contribution is 1.06. The van der Waals surface area contributed by atoms with Crippen LogP contribution in [0.25, 0.3) is 34.3 Å². The van der Waals surface area contributed by atoms with E-state index >= 15 is 0 Å². The van der Waals surface area contributed by atoms with Gasteiger partial charge in [-0.1, -0.05) is 6.07 Å². The van der Waals surface area contributed by atoms with Crippen molar-refractivity contribution in [2.24, 2.45) is 0 Å². The van der Waals surface area contributed by atoms with E-state index in [4.69, 9.17) is 0 Å². The van der Waals surface area contributed by atoms with Crippen molar-refractivity contribution < 1.29 is 0 Å². The molecule has 6 nitrogen and oxygen atoms in total. The van der Waals surface area contributed by atoms with E-state index in [1.165, 1.54) is 0 Å². The van der Waals surface area contributed by atoms with Gasteiger partial charge in [0.1, 0.15) is 5.69 Å². The molecule has 24 heavy (non-hydrogen) atoms. The summed E-state index contributed by atoms with van der Waals surface area (Å²) >= 11 is 0. The zero-order valence-corrected chi connectivity index (χ0v) is 12.6. The molecular weight excluding hydrogens is 300 g/mol. The van der Waals surface area contributed by atoms with Crippen molar-refractivity contribution in [3.63, 3.8) is 0 Å². The van der Waals surface area contributed by atoms with Crippen molar-refractivity contribution in [1.29, 1.82) is 0 Å². The van der Waals surface area contributed by atoms with E-state index in [1.807, 2.05) is 42.5 Å². The summed E-state index contributed by atoms with van der Waals surface area (Å²) in [6.07, 6.45) is 8.58. The highest BCUT2D eigenvalue weighted by Crippen LogP contribution is 2.22. The molecule has 0 unspecified atom stereocenters. The molecule has 4 rings (SSSR count). The summed E-state index contributed by atoms with van der Waals surface area (Å²) in [5.74, 6) is 1.70. The van der Waals surface area contributed by atoms with E-state index in [0.29, 0.717) is 23.2 Å². The molecule has 0 fully saturated rings. The molecule has 0 saturated carbocycles. The van der Waals surface area contributed by atoms with Gasteiger partial charge in [0.15, 0.2) is 17.5 Å². The Kier molecular flexibility index (Phi) is 3.69. The lowest BCUT2D eigenvalue weighted by Crippen LogP contribution is -2.01. The Hall–Kier alpha value is -3.54. The molecule has 0 bridgehead atoms. The second-order valence-corrected chi connectivity index (χ2v) is 4.99. The van der Waals surface area contributed by atoms with Crippen molar-refractivity contribution in [1.82, 2.24) is 29.9 Å². The monoisotopic (exact) mass is 312 g/mol. The van der Waals surface area contributed by atoms with E-state index in [9.17, 15) is 0 Å². The normalized spacial score (nSPS) is 10.5. The van der Waals surface area contributed by atoms with Gasteiger partial charge >= 0.3 is 0 Å². The van der Waals surface area contributed by atoms with Crippen molar-refractivity contribution >= 4 is 0 Å². The van der Waals surface area contributed by atoms with E-state index in [2.05, 4.69) is 29.9 Å². The first-order valence-corrected chi connectivity index (χ1v) is 7.38. The summed E-state index contributed by atoms with van der Waals surface area (Å²) in [5, 5.41) is 0. The topological polar surface area (TPSA) is 77.3 Å². The molecule has 0 saturated heterocycles. The van der Waals surface area contributed by atoms with Crippen molar-refractivity contribution in [2.45, 2.75) is 0 Å². The Balaban J connectivity index is 1.92. The van der Waals surface area contributed by atoms with Crippen LogP contribution in [0.2, 0.25) is 0 Å². The van der Waals surface area contributed by atoms with Crippen LogP contribution in [0, 0.1) is 0 Å². The molecule has 0 aromatic carbocycles. The summed E-state index contributed by atoms with van der Waals surface area (Å²) < 4.78 is 0. The summed E-state index contributed by atoms with van der Waals surface area (Å²) in [7, 11) is 0. The fourth-order valence-electron chi connectivity index (χ4n) is 2.25. The first-order valence-electron chi connectivity index (χ1n) is 7.38. The molecule has 0 N–H and O–H groups in total. The van der Waals surface area contributed by atoms with Crippen LogP contribution in [-0.2, 0) is 0 Å². The minimum Gasteiger partial charge on any atom is -0.265 e. The minimum atomic E-state index is 0.532. The third-order valence-corrected chi connectivity index (χ3v) is 3.41. The van der Waals surface area contributed by atoms with Gasteiger partial charge < -0.3 is 0 Å². The zero-order valence-electron chi connectivity index (χ0n) is 12.6. The van der Waals surface area contributed by atoms with Crippen LogP contribution in [0.5, 0.6) is 0 Å². The number of hydrogen-bond donors (Lipinski definition) is 0. The predicted molar refractivity (Wildman–Crippen MR) is 89.5 cm³/mol. The fraction of sp³-hybridized carbons (Fsp3) is 0.